The van der Waals surface area contributed by atoms with E-state index >= 15 is 0 Å². The standard InChI is InChI=1S/C32H26O11/c1-12-6-19-25(34)24-29(41-5)23-22(26(35)30(24)43-27(19)20(7-12)31(36)37)21(33)11-17(28(23)40-4)16-9-14(39-3)10-18-15(16)8-13(2)42-32(18)38/h6-7,9-11,13,33,35H,8H2,1-5H3,(H,36,37)/t13-/m0/s1. The third-order valence-electron chi connectivity index (χ3n) is 7.71. The minimum absolute atomic E-state index is 0.0318. The summed E-state index contributed by atoms with van der Waals surface area (Å²) in [5, 5.41) is 32.3. The summed E-state index contributed by atoms with van der Waals surface area (Å²) in [6.45, 7) is 3.40. The van der Waals surface area contributed by atoms with Crippen LogP contribution in [0.5, 0.6) is 28.7 Å². The number of phenols is 2. The Hall–Kier alpha value is -5.45. The van der Waals surface area contributed by atoms with E-state index in [1.54, 1.807) is 26.0 Å². The zero-order valence-electron chi connectivity index (χ0n) is 23.8. The molecule has 1 atom stereocenters. The lowest BCUT2D eigenvalue weighted by molar-refractivity contribution is 0.0301. The van der Waals surface area contributed by atoms with E-state index in [4.69, 9.17) is 23.4 Å². The quantitative estimate of drug-likeness (QED) is 0.181. The van der Waals surface area contributed by atoms with E-state index in [-0.39, 0.29) is 49.8 Å². The minimum Gasteiger partial charge on any atom is -0.507 e. The van der Waals surface area contributed by atoms with Gasteiger partial charge in [0.2, 0.25) is 5.43 Å². The number of carboxylic acids is 1. The maximum atomic E-state index is 14.0. The van der Waals surface area contributed by atoms with Gasteiger partial charge in [0.25, 0.3) is 0 Å². The zero-order valence-corrected chi connectivity index (χ0v) is 23.8. The van der Waals surface area contributed by atoms with Crippen LogP contribution in [0.15, 0.2) is 39.5 Å². The number of carbonyl (C=O) groups is 2. The molecule has 0 bridgehead atoms. The number of rotatable bonds is 5. The zero-order chi connectivity index (χ0) is 30.9. The molecule has 4 aromatic carbocycles. The molecule has 2 heterocycles. The Kier molecular flexibility index (Phi) is 6.33. The maximum Gasteiger partial charge on any atom is 0.339 e. The largest absolute Gasteiger partial charge is 0.507 e. The highest BCUT2D eigenvalue weighted by Gasteiger charge is 2.32. The number of esters is 1. The van der Waals surface area contributed by atoms with E-state index in [0.29, 0.717) is 40.0 Å². The van der Waals surface area contributed by atoms with E-state index < -0.39 is 35.0 Å². The highest BCUT2D eigenvalue weighted by molar-refractivity contribution is 6.17. The van der Waals surface area contributed by atoms with Crippen molar-refractivity contribution in [1.29, 1.82) is 0 Å². The van der Waals surface area contributed by atoms with Gasteiger partial charge in [0, 0.05) is 12.0 Å². The van der Waals surface area contributed by atoms with Crippen LogP contribution in [0.25, 0.3) is 43.8 Å². The summed E-state index contributed by atoms with van der Waals surface area (Å²) < 4.78 is 28.4. The summed E-state index contributed by atoms with van der Waals surface area (Å²) in [6.07, 6.45) is -0.0599. The lowest BCUT2D eigenvalue weighted by atomic mass is 9.87. The number of cyclic esters (lactones) is 1. The predicted octanol–water partition coefficient (Wildman–Crippen LogP) is 5.31. The molecular formula is C32H26O11. The normalized spacial score (nSPS) is 14.5. The number of phenolic OH excluding ortho intramolecular Hbond substituents is 2. The smallest absolute Gasteiger partial charge is 0.339 e. The Morgan fingerprint density at radius 1 is 0.860 bits per heavy atom. The predicted molar refractivity (Wildman–Crippen MR) is 156 cm³/mol. The molecule has 6 rings (SSSR count). The summed E-state index contributed by atoms with van der Waals surface area (Å²) in [5.74, 6) is -2.48. The van der Waals surface area contributed by atoms with Gasteiger partial charge in [-0.1, -0.05) is 0 Å². The van der Waals surface area contributed by atoms with Gasteiger partial charge in [-0.3, -0.25) is 4.79 Å². The molecule has 43 heavy (non-hydrogen) atoms. The molecule has 0 fully saturated rings. The van der Waals surface area contributed by atoms with Gasteiger partial charge in [0.1, 0.15) is 40.1 Å². The summed E-state index contributed by atoms with van der Waals surface area (Å²) >= 11 is 0. The van der Waals surface area contributed by atoms with E-state index in [9.17, 15) is 29.7 Å². The van der Waals surface area contributed by atoms with Gasteiger partial charge in [-0.05, 0) is 60.9 Å². The molecule has 0 unspecified atom stereocenters. The van der Waals surface area contributed by atoms with Crippen molar-refractivity contribution < 1.29 is 48.3 Å². The summed E-state index contributed by atoms with van der Waals surface area (Å²) in [5.41, 5.74) is 0.740. The van der Waals surface area contributed by atoms with E-state index in [1.807, 2.05) is 0 Å². The highest BCUT2D eigenvalue weighted by Crippen LogP contribution is 2.53. The molecule has 1 aliphatic heterocycles. The number of aromatic carboxylic acids is 1. The highest BCUT2D eigenvalue weighted by atomic mass is 16.5. The molecular weight excluding hydrogens is 560 g/mol. The van der Waals surface area contributed by atoms with Crippen LogP contribution in [0.2, 0.25) is 0 Å². The van der Waals surface area contributed by atoms with Gasteiger partial charge in [-0.15, -0.1) is 0 Å². The Morgan fingerprint density at radius 2 is 1.56 bits per heavy atom. The lowest BCUT2D eigenvalue weighted by Crippen LogP contribution is -2.25. The third-order valence-corrected chi connectivity index (χ3v) is 7.71. The van der Waals surface area contributed by atoms with Crippen molar-refractivity contribution in [2.24, 2.45) is 0 Å². The minimum atomic E-state index is -1.32. The van der Waals surface area contributed by atoms with Gasteiger partial charge in [-0.25, -0.2) is 9.59 Å². The molecule has 220 valence electrons. The van der Waals surface area contributed by atoms with Crippen molar-refractivity contribution in [3.05, 3.63) is 62.8 Å². The lowest BCUT2D eigenvalue weighted by Gasteiger charge is -2.26. The molecule has 3 N–H and O–H groups in total. The Balaban J connectivity index is 1.81. The average Bonchev–Trinajstić information content (AvgIpc) is 2.97. The van der Waals surface area contributed by atoms with Crippen LogP contribution in [0.1, 0.15) is 38.8 Å². The van der Waals surface area contributed by atoms with E-state index in [0.717, 1.165) is 0 Å². The Bertz CT molecular complexity index is 2110. The molecule has 11 nitrogen and oxygen atoms in total. The van der Waals surface area contributed by atoms with Crippen molar-refractivity contribution in [3.63, 3.8) is 0 Å². The average molecular weight is 587 g/mol. The van der Waals surface area contributed by atoms with Gasteiger partial charge in [-0.2, -0.15) is 0 Å². The van der Waals surface area contributed by atoms with E-state index in [2.05, 4.69) is 0 Å². The van der Waals surface area contributed by atoms with Crippen LogP contribution >= 0.6 is 0 Å². The molecule has 0 saturated heterocycles. The van der Waals surface area contributed by atoms with Crippen molar-refractivity contribution in [2.75, 3.05) is 21.3 Å². The molecule has 1 aromatic heterocycles. The van der Waals surface area contributed by atoms with E-state index in [1.165, 1.54) is 39.5 Å². The molecule has 0 saturated carbocycles. The molecule has 5 aromatic rings. The first-order valence-corrected chi connectivity index (χ1v) is 13.2. The number of aryl methyl sites for hydroxylation is 1. The number of aromatic hydroxyl groups is 2. The molecule has 0 spiro atoms. The molecule has 11 heteroatoms. The van der Waals surface area contributed by atoms with Crippen molar-refractivity contribution in [1.82, 2.24) is 0 Å². The fourth-order valence-electron chi connectivity index (χ4n) is 5.92. The van der Waals surface area contributed by atoms with Crippen molar-refractivity contribution >= 4 is 44.6 Å². The summed E-state index contributed by atoms with van der Waals surface area (Å²) in [7, 11) is 4.14. The van der Waals surface area contributed by atoms with Crippen LogP contribution < -0.4 is 19.6 Å². The summed E-state index contributed by atoms with van der Waals surface area (Å²) in [6, 6.07) is 7.47. The van der Waals surface area contributed by atoms with Crippen LogP contribution in [-0.2, 0) is 11.2 Å². The van der Waals surface area contributed by atoms with Gasteiger partial charge in [0.05, 0.1) is 43.1 Å². The second-order valence-electron chi connectivity index (χ2n) is 10.4. The number of fused-ring (bicyclic) bond motifs is 4. The van der Waals surface area contributed by atoms with Crippen LogP contribution in [0.3, 0.4) is 0 Å². The number of carboxylic acid groups (broad SMARTS) is 1. The second-order valence-corrected chi connectivity index (χ2v) is 10.4. The number of carbonyl (C=O) groups excluding carboxylic acids is 1. The maximum absolute atomic E-state index is 14.0. The first-order valence-electron chi connectivity index (χ1n) is 13.2. The van der Waals surface area contributed by atoms with Gasteiger partial charge >= 0.3 is 11.9 Å². The molecule has 0 amide bonds. The Morgan fingerprint density at radius 3 is 2.21 bits per heavy atom. The Labute approximate surface area is 243 Å². The fraction of sp³-hybridized carbons (Fsp3) is 0.219. The SMILES string of the molecule is COc1cc2c(c(-c3cc(O)c4c(O)c5oc6c(C(=O)O)cc(C)cc6c(=O)c5c(OC)c4c3OC)c1)C[C@H](C)OC2=O. The fourth-order valence-corrected chi connectivity index (χ4v) is 5.92. The molecule has 0 aliphatic carbocycles. The van der Waals surface area contributed by atoms with Crippen LogP contribution in [0.4, 0.5) is 0 Å². The van der Waals surface area contributed by atoms with Crippen LogP contribution in [-0.4, -0.2) is 54.7 Å². The number of benzene rings is 4. The molecule has 0 radical (unpaired) electrons. The third kappa shape index (κ3) is 3.99. The number of hydrogen-bond acceptors (Lipinski definition) is 10. The monoisotopic (exact) mass is 586 g/mol. The van der Waals surface area contributed by atoms with Crippen LogP contribution in [0, 0.1) is 6.92 Å². The number of ether oxygens (including phenoxy) is 4. The topological polar surface area (TPSA) is 162 Å². The van der Waals surface area contributed by atoms with Crippen molar-refractivity contribution in [3.8, 4) is 39.9 Å². The first-order chi connectivity index (χ1) is 20.5. The summed E-state index contributed by atoms with van der Waals surface area (Å²) in [4.78, 5) is 38.8. The van der Waals surface area contributed by atoms with Gasteiger partial charge in [0.15, 0.2) is 16.9 Å². The molecule has 1 aliphatic rings. The number of methoxy groups -OCH3 is 3. The first kappa shape index (κ1) is 27.7. The second kappa shape index (κ2) is 9.83. The van der Waals surface area contributed by atoms with Crippen molar-refractivity contribution in [2.45, 2.75) is 26.4 Å². The number of hydrogen-bond donors (Lipinski definition) is 3. The van der Waals surface area contributed by atoms with Gasteiger partial charge < -0.3 is 38.7 Å².